The van der Waals surface area contributed by atoms with Crippen LogP contribution >= 0.6 is 0 Å². The van der Waals surface area contributed by atoms with E-state index in [4.69, 9.17) is 18.9 Å². The van der Waals surface area contributed by atoms with Crippen molar-refractivity contribution in [1.29, 1.82) is 0 Å². The van der Waals surface area contributed by atoms with Gasteiger partial charge in [-0.05, 0) is 49.2 Å². The Morgan fingerprint density at radius 1 is 1.14 bits per heavy atom. The summed E-state index contributed by atoms with van der Waals surface area (Å²) in [6.07, 6.45) is 1.89. The number of nitrogens with zero attached hydrogens (tertiary/aromatic N) is 1. The Kier molecular flexibility index (Phi) is 5.39. The molecule has 0 amide bonds. The first-order valence-corrected chi connectivity index (χ1v) is 9.55. The SMILES string of the molecule is COc1ccccc1C(=O)C1CCCN(Cc2cc(OC)c3c(c2)OCO3)C1. The number of carbonyl (C=O) groups excluding carboxylic acids is 1. The molecule has 6 nitrogen and oxygen atoms in total. The Labute approximate surface area is 165 Å². The fourth-order valence-electron chi connectivity index (χ4n) is 4.01. The van der Waals surface area contributed by atoms with Crippen molar-refractivity contribution in [1.82, 2.24) is 4.90 Å². The van der Waals surface area contributed by atoms with Gasteiger partial charge in [0, 0.05) is 19.0 Å². The second kappa shape index (κ2) is 8.10. The smallest absolute Gasteiger partial charge is 0.231 e. The zero-order valence-corrected chi connectivity index (χ0v) is 16.3. The summed E-state index contributed by atoms with van der Waals surface area (Å²) >= 11 is 0. The third kappa shape index (κ3) is 3.64. The van der Waals surface area contributed by atoms with E-state index in [9.17, 15) is 4.79 Å². The second-order valence-electron chi connectivity index (χ2n) is 7.17. The molecule has 1 fully saturated rings. The van der Waals surface area contributed by atoms with E-state index in [1.165, 1.54) is 0 Å². The standard InChI is InChI=1S/C22H25NO5/c1-25-18-8-4-3-7-17(18)21(24)16-6-5-9-23(13-16)12-15-10-19(26-2)22-20(11-15)27-14-28-22/h3-4,7-8,10-11,16H,5-6,9,12-14H2,1-2H3. The van der Waals surface area contributed by atoms with E-state index in [0.29, 0.717) is 28.6 Å². The van der Waals surface area contributed by atoms with Gasteiger partial charge in [-0.25, -0.2) is 0 Å². The summed E-state index contributed by atoms with van der Waals surface area (Å²) in [5.74, 6) is 2.84. The maximum atomic E-state index is 13.1. The predicted octanol–water partition coefficient (Wildman–Crippen LogP) is 3.53. The van der Waals surface area contributed by atoms with Crippen molar-refractivity contribution in [2.24, 2.45) is 5.92 Å². The van der Waals surface area contributed by atoms with E-state index in [-0.39, 0.29) is 18.5 Å². The van der Waals surface area contributed by atoms with E-state index >= 15 is 0 Å². The lowest BCUT2D eigenvalue weighted by atomic mass is 9.89. The number of para-hydroxylation sites is 1. The molecule has 0 radical (unpaired) electrons. The molecule has 0 saturated carbocycles. The van der Waals surface area contributed by atoms with E-state index in [0.717, 1.165) is 38.0 Å². The summed E-state index contributed by atoms with van der Waals surface area (Å²) in [5, 5.41) is 0. The number of hydrogen-bond acceptors (Lipinski definition) is 6. The molecular formula is C22H25NO5. The van der Waals surface area contributed by atoms with Gasteiger partial charge in [-0.3, -0.25) is 9.69 Å². The molecular weight excluding hydrogens is 358 g/mol. The molecule has 6 heteroatoms. The summed E-state index contributed by atoms with van der Waals surface area (Å²) in [4.78, 5) is 15.4. The number of Topliss-reactive ketones (excluding diaryl/α,β-unsaturated/α-hetero) is 1. The fraction of sp³-hybridized carbons (Fsp3) is 0.409. The molecule has 0 bridgehead atoms. The molecule has 2 heterocycles. The first-order chi connectivity index (χ1) is 13.7. The molecule has 1 atom stereocenters. The van der Waals surface area contributed by atoms with Crippen LogP contribution in [0.3, 0.4) is 0 Å². The van der Waals surface area contributed by atoms with Crippen LogP contribution in [0.5, 0.6) is 23.0 Å². The van der Waals surface area contributed by atoms with Crippen LogP contribution in [0.1, 0.15) is 28.8 Å². The van der Waals surface area contributed by atoms with E-state index in [1.807, 2.05) is 36.4 Å². The molecule has 0 aromatic heterocycles. The predicted molar refractivity (Wildman–Crippen MR) is 104 cm³/mol. The Hall–Kier alpha value is -2.73. The van der Waals surface area contributed by atoms with Crippen LogP contribution in [0, 0.1) is 5.92 Å². The third-order valence-corrected chi connectivity index (χ3v) is 5.37. The van der Waals surface area contributed by atoms with Gasteiger partial charge < -0.3 is 18.9 Å². The third-order valence-electron chi connectivity index (χ3n) is 5.37. The Morgan fingerprint density at radius 2 is 1.96 bits per heavy atom. The van der Waals surface area contributed by atoms with Gasteiger partial charge in [0.15, 0.2) is 17.3 Å². The van der Waals surface area contributed by atoms with Gasteiger partial charge >= 0.3 is 0 Å². The lowest BCUT2D eigenvalue weighted by Crippen LogP contribution is -2.38. The molecule has 0 N–H and O–H groups in total. The Bertz CT molecular complexity index is 866. The zero-order chi connectivity index (χ0) is 19.5. The number of benzene rings is 2. The molecule has 1 saturated heterocycles. The first-order valence-electron chi connectivity index (χ1n) is 9.55. The van der Waals surface area contributed by atoms with Crippen LogP contribution in [0.2, 0.25) is 0 Å². The highest BCUT2D eigenvalue weighted by molar-refractivity contribution is 6.00. The number of carbonyl (C=O) groups is 1. The van der Waals surface area contributed by atoms with Crippen molar-refractivity contribution in [3.63, 3.8) is 0 Å². The molecule has 2 aliphatic rings. The van der Waals surface area contributed by atoms with Crippen molar-refractivity contribution >= 4 is 5.78 Å². The number of likely N-dealkylation sites (tertiary alicyclic amines) is 1. The minimum atomic E-state index is -0.0269. The molecule has 0 spiro atoms. The van der Waals surface area contributed by atoms with E-state index in [1.54, 1.807) is 14.2 Å². The molecule has 2 aromatic carbocycles. The van der Waals surface area contributed by atoms with Gasteiger partial charge in [-0.1, -0.05) is 12.1 Å². The highest BCUT2D eigenvalue weighted by Crippen LogP contribution is 2.42. The van der Waals surface area contributed by atoms with Crippen LogP contribution < -0.4 is 18.9 Å². The largest absolute Gasteiger partial charge is 0.496 e. The molecule has 0 aliphatic carbocycles. The monoisotopic (exact) mass is 383 g/mol. The molecule has 148 valence electrons. The van der Waals surface area contributed by atoms with Gasteiger partial charge in [-0.2, -0.15) is 0 Å². The zero-order valence-electron chi connectivity index (χ0n) is 16.3. The van der Waals surface area contributed by atoms with Crippen LogP contribution in [0.15, 0.2) is 36.4 Å². The molecule has 1 unspecified atom stereocenters. The maximum Gasteiger partial charge on any atom is 0.231 e. The van der Waals surface area contributed by atoms with Gasteiger partial charge in [0.1, 0.15) is 5.75 Å². The van der Waals surface area contributed by atoms with Gasteiger partial charge in [-0.15, -0.1) is 0 Å². The lowest BCUT2D eigenvalue weighted by molar-refractivity contribution is 0.0808. The highest BCUT2D eigenvalue weighted by atomic mass is 16.7. The quantitative estimate of drug-likeness (QED) is 0.712. The number of ketones is 1. The van der Waals surface area contributed by atoms with Crippen molar-refractivity contribution in [2.45, 2.75) is 19.4 Å². The number of ether oxygens (including phenoxy) is 4. The number of methoxy groups -OCH3 is 2. The van der Waals surface area contributed by atoms with Crippen molar-refractivity contribution in [3.8, 4) is 23.0 Å². The van der Waals surface area contributed by atoms with Crippen LogP contribution in [0.25, 0.3) is 0 Å². The molecule has 4 rings (SSSR count). The minimum Gasteiger partial charge on any atom is -0.496 e. The number of hydrogen-bond donors (Lipinski definition) is 0. The lowest BCUT2D eigenvalue weighted by Gasteiger charge is -2.32. The Balaban J connectivity index is 1.48. The summed E-state index contributed by atoms with van der Waals surface area (Å²) in [5.41, 5.74) is 1.76. The minimum absolute atomic E-state index is 0.0269. The van der Waals surface area contributed by atoms with Crippen molar-refractivity contribution in [2.75, 3.05) is 34.1 Å². The van der Waals surface area contributed by atoms with Crippen LogP contribution in [0.4, 0.5) is 0 Å². The van der Waals surface area contributed by atoms with Crippen molar-refractivity contribution in [3.05, 3.63) is 47.5 Å². The summed E-state index contributed by atoms with van der Waals surface area (Å²) in [6.45, 7) is 2.65. The number of piperidine rings is 1. The van der Waals surface area contributed by atoms with Crippen LogP contribution in [-0.4, -0.2) is 44.8 Å². The van der Waals surface area contributed by atoms with E-state index in [2.05, 4.69) is 4.90 Å². The second-order valence-corrected chi connectivity index (χ2v) is 7.17. The molecule has 28 heavy (non-hydrogen) atoms. The van der Waals surface area contributed by atoms with Gasteiger partial charge in [0.05, 0.1) is 19.8 Å². The normalized spacial score (nSPS) is 18.7. The topological polar surface area (TPSA) is 57.2 Å². The number of rotatable bonds is 6. The van der Waals surface area contributed by atoms with Gasteiger partial charge in [0.25, 0.3) is 0 Å². The van der Waals surface area contributed by atoms with Gasteiger partial charge in [0.2, 0.25) is 12.5 Å². The average Bonchev–Trinajstić information content (AvgIpc) is 3.21. The first kappa shape index (κ1) is 18.6. The Morgan fingerprint density at radius 3 is 2.79 bits per heavy atom. The summed E-state index contributed by atoms with van der Waals surface area (Å²) in [7, 11) is 3.23. The summed E-state index contributed by atoms with van der Waals surface area (Å²) in [6, 6.07) is 11.4. The summed E-state index contributed by atoms with van der Waals surface area (Å²) < 4.78 is 21.8. The highest BCUT2D eigenvalue weighted by Gasteiger charge is 2.29. The molecule has 2 aliphatic heterocycles. The van der Waals surface area contributed by atoms with Crippen molar-refractivity contribution < 1.29 is 23.7 Å². The van der Waals surface area contributed by atoms with Crippen LogP contribution in [-0.2, 0) is 6.54 Å². The number of fused-ring (bicyclic) bond motifs is 1. The average molecular weight is 383 g/mol. The molecule has 2 aromatic rings. The fourth-order valence-corrected chi connectivity index (χ4v) is 4.01. The van der Waals surface area contributed by atoms with E-state index < -0.39 is 0 Å². The maximum absolute atomic E-state index is 13.1.